The number of aryl methyl sites for hydroxylation is 1. The largest absolute Gasteiger partial charge is 0.360 e. The summed E-state index contributed by atoms with van der Waals surface area (Å²) in [6, 6.07) is 6.59. The van der Waals surface area contributed by atoms with Crippen molar-refractivity contribution >= 4 is 39.3 Å². The summed E-state index contributed by atoms with van der Waals surface area (Å²) in [5.41, 5.74) is 0.457. The molecular weight excluding hydrogens is 307 g/mol. The fourth-order valence-electron chi connectivity index (χ4n) is 1.25. The standard InChI is InChI=1S/C11H8BrClN2O2/c1-6-4-10(15-17-6)14-11(16)7-2-3-8(12)9(13)5-7/h2-5H,1H3,(H,14,15,16). The number of carbonyl (C=O) groups excluding carboxylic acids is 1. The Balaban J connectivity index is 2.17. The molecule has 1 aromatic carbocycles. The first-order valence-electron chi connectivity index (χ1n) is 4.76. The first kappa shape index (κ1) is 12.1. The molecule has 0 saturated carbocycles. The van der Waals surface area contributed by atoms with Crippen LogP contribution in [0.4, 0.5) is 5.82 Å². The Kier molecular flexibility index (Phi) is 3.49. The van der Waals surface area contributed by atoms with Gasteiger partial charge in [-0.2, -0.15) is 0 Å². The molecule has 1 aromatic heterocycles. The summed E-state index contributed by atoms with van der Waals surface area (Å²) >= 11 is 9.16. The maximum Gasteiger partial charge on any atom is 0.256 e. The highest BCUT2D eigenvalue weighted by Crippen LogP contribution is 2.23. The fraction of sp³-hybridized carbons (Fsp3) is 0.0909. The third-order valence-corrected chi connectivity index (χ3v) is 3.28. The zero-order chi connectivity index (χ0) is 12.4. The number of benzene rings is 1. The second-order valence-electron chi connectivity index (χ2n) is 3.41. The van der Waals surface area contributed by atoms with E-state index in [9.17, 15) is 4.79 Å². The van der Waals surface area contributed by atoms with Crippen molar-refractivity contribution in [2.75, 3.05) is 5.32 Å². The maximum atomic E-state index is 11.8. The minimum atomic E-state index is -0.285. The van der Waals surface area contributed by atoms with Crippen LogP contribution in [0.2, 0.25) is 5.02 Å². The summed E-state index contributed by atoms with van der Waals surface area (Å²) in [5, 5.41) is 6.76. The molecule has 0 atom stereocenters. The number of amides is 1. The summed E-state index contributed by atoms with van der Waals surface area (Å²) < 4.78 is 5.59. The minimum absolute atomic E-state index is 0.285. The van der Waals surface area contributed by atoms with Gasteiger partial charge in [0.2, 0.25) is 0 Å². The molecule has 0 bridgehead atoms. The van der Waals surface area contributed by atoms with Crippen LogP contribution in [0.5, 0.6) is 0 Å². The zero-order valence-corrected chi connectivity index (χ0v) is 11.2. The van der Waals surface area contributed by atoms with E-state index in [0.717, 1.165) is 4.47 Å². The number of carbonyl (C=O) groups is 1. The van der Waals surface area contributed by atoms with E-state index >= 15 is 0 Å². The van der Waals surface area contributed by atoms with Gasteiger partial charge in [0.15, 0.2) is 5.82 Å². The summed E-state index contributed by atoms with van der Waals surface area (Å²) in [7, 11) is 0. The van der Waals surface area contributed by atoms with E-state index < -0.39 is 0 Å². The topological polar surface area (TPSA) is 55.1 Å². The lowest BCUT2D eigenvalue weighted by Crippen LogP contribution is -2.11. The van der Waals surface area contributed by atoms with Gasteiger partial charge in [0.25, 0.3) is 5.91 Å². The van der Waals surface area contributed by atoms with Crippen molar-refractivity contribution < 1.29 is 9.32 Å². The van der Waals surface area contributed by atoms with Crippen molar-refractivity contribution in [1.82, 2.24) is 5.16 Å². The molecular formula is C11H8BrClN2O2. The first-order valence-corrected chi connectivity index (χ1v) is 5.93. The summed E-state index contributed by atoms with van der Waals surface area (Å²) in [4.78, 5) is 11.8. The smallest absolute Gasteiger partial charge is 0.256 e. The van der Waals surface area contributed by atoms with Crippen LogP contribution < -0.4 is 5.32 Å². The van der Waals surface area contributed by atoms with Gasteiger partial charge in [-0.1, -0.05) is 16.8 Å². The summed E-state index contributed by atoms with van der Waals surface area (Å²) in [6.07, 6.45) is 0. The number of halogens is 2. The number of hydrogen-bond acceptors (Lipinski definition) is 3. The van der Waals surface area contributed by atoms with Gasteiger partial charge in [0, 0.05) is 16.1 Å². The molecule has 1 N–H and O–H groups in total. The van der Waals surface area contributed by atoms with Crippen molar-refractivity contribution in [3.05, 3.63) is 45.1 Å². The number of rotatable bonds is 2. The third kappa shape index (κ3) is 2.87. The van der Waals surface area contributed by atoms with Gasteiger partial charge in [0.1, 0.15) is 5.76 Å². The molecule has 1 amide bonds. The molecule has 1 heterocycles. The number of nitrogens with zero attached hydrogens (tertiary/aromatic N) is 1. The quantitative estimate of drug-likeness (QED) is 0.920. The van der Waals surface area contributed by atoms with E-state index in [4.69, 9.17) is 16.1 Å². The number of anilines is 1. The Hall–Kier alpha value is -1.33. The molecule has 17 heavy (non-hydrogen) atoms. The second-order valence-corrected chi connectivity index (χ2v) is 4.67. The van der Waals surface area contributed by atoms with E-state index in [2.05, 4.69) is 26.4 Å². The van der Waals surface area contributed by atoms with Crippen molar-refractivity contribution in [3.8, 4) is 0 Å². The van der Waals surface area contributed by atoms with Crippen LogP contribution in [-0.2, 0) is 0 Å². The van der Waals surface area contributed by atoms with Crippen molar-refractivity contribution in [1.29, 1.82) is 0 Å². The van der Waals surface area contributed by atoms with Crippen molar-refractivity contribution in [2.45, 2.75) is 6.92 Å². The Morgan fingerprint density at radius 1 is 1.47 bits per heavy atom. The van der Waals surface area contributed by atoms with E-state index in [1.54, 1.807) is 31.2 Å². The van der Waals surface area contributed by atoms with Crippen LogP contribution in [0, 0.1) is 6.92 Å². The maximum absolute atomic E-state index is 11.8. The SMILES string of the molecule is Cc1cc(NC(=O)c2ccc(Br)c(Cl)c2)no1. The molecule has 0 fully saturated rings. The molecule has 4 nitrogen and oxygen atoms in total. The van der Waals surface area contributed by atoms with Gasteiger partial charge in [-0.25, -0.2) is 0 Å². The number of nitrogens with one attached hydrogen (secondary N) is 1. The van der Waals surface area contributed by atoms with Crippen LogP contribution >= 0.6 is 27.5 Å². The van der Waals surface area contributed by atoms with Crippen LogP contribution in [0.1, 0.15) is 16.1 Å². The number of hydrogen-bond donors (Lipinski definition) is 1. The van der Waals surface area contributed by atoms with Gasteiger partial charge in [-0.05, 0) is 41.1 Å². The molecule has 0 aliphatic rings. The monoisotopic (exact) mass is 314 g/mol. The van der Waals surface area contributed by atoms with Crippen LogP contribution in [0.25, 0.3) is 0 Å². The van der Waals surface area contributed by atoms with E-state index in [1.165, 1.54) is 0 Å². The average molecular weight is 316 g/mol. The van der Waals surface area contributed by atoms with Gasteiger partial charge in [0.05, 0.1) is 5.02 Å². The van der Waals surface area contributed by atoms with Crippen molar-refractivity contribution in [2.24, 2.45) is 0 Å². The lowest BCUT2D eigenvalue weighted by atomic mass is 10.2. The average Bonchev–Trinajstić information content (AvgIpc) is 2.68. The zero-order valence-electron chi connectivity index (χ0n) is 8.83. The Morgan fingerprint density at radius 3 is 2.82 bits per heavy atom. The normalized spacial score (nSPS) is 10.3. The highest BCUT2D eigenvalue weighted by molar-refractivity contribution is 9.10. The van der Waals surface area contributed by atoms with Gasteiger partial charge in [-0.15, -0.1) is 0 Å². The third-order valence-electron chi connectivity index (χ3n) is 2.05. The highest BCUT2D eigenvalue weighted by atomic mass is 79.9. The Morgan fingerprint density at radius 2 is 2.24 bits per heavy atom. The fourth-order valence-corrected chi connectivity index (χ4v) is 1.68. The van der Waals surface area contributed by atoms with Crippen molar-refractivity contribution in [3.63, 3.8) is 0 Å². The number of aromatic nitrogens is 1. The molecule has 6 heteroatoms. The van der Waals surface area contributed by atoms with Gasteiger partial charge in [-0.3, -0.25) is 4.79 Å². The molecule has 0 unspecified atom stereocenters. The predicted molar refractivity (Wildman–Crippen MR) is 68.3 cm³/mol. The molecule has 2 aromatic rings. The first-order chi connectivity index (χ1) is 8.06. The van der Waals surface area contributed by atoms with E-state index in [-0.39, 0.29) is 5.91 Å². The minimum Gasteiger partial charge on any atom is -0.360 e. The van der Waals surface area contributed by atoms with Crippen LogP contribution in [0.15, 0.2) is 33.3 Å². The molecule has 0 saturated heterocycles. The Bertz CT molecular complexity index is 568. The van der Waals surface area contributed by atoms with Gasteiger partial charge >= 0.3 is 0 Å². The molecule has 0 spiro atoms. The molecule has 0 radical (unpaired) electrons. The van der Waals surface area contributed by atoms with Crippen LogP contribution in [0.3, 0.4) is 0 Å². The van der Waals surface area contributed by atoms with E-state index in [1.807, 2.05) is 0 Å². The lowest BCUT2D eigenvalue weighted by Gasteiger charge is -2.02. The lowest BCUT2D eigenvalue weighted by molar-refractivity contribution is 0.102. The summed E-state index contributed by atoms with van der Waals surface area (Å²) in [5.74, 6) is 0.730. The highest BCUT2D eigenvalue weighted by Gasteiger charge is 2.10. The van der Waals surface area contributed by atoms with E-state index in [0.29, 0.717) is 22.2 Å². The molecule has 2 rings (SSSR count). The predicted octanol–water partition coefficient (Wildman–Crippen LogP) is 3.65. The Labute approximate surface area is 111 Å². The van der Waals surface area contributed by atoms with Gasteiger partial charge < -0.3 is 9.84 Å². The molecule has 0 aliphatic carbocycles. The second kappa shape index (κ2) is 4.89. The van der Waals surface area contributed by atoms with Crippen LogP contribution in [-0.4, -0.2) is 11.1 Å². The molecule has 88 valence electrons. The summed E-state index contributed by atoms with van der Waals surface area (Å²) in [6.45, 7) is 1.75. The molecule has 0 aliphatic heterocycles.